The second-order valence-electron chi connectivity index (χ2n) is 7.81. The molecule has 7 heteroatoms. The monoisotopic (exact) mass is 444 g/mol. The molecule has 1 amide bonds. The van der Waals surface area contributed by atoms with Crippen LogP contribution in [0.4, 0.5) is 5.69 Å². The first-order valence-corrected chi connectivity index (χ1v) is 10.4. The molecule has 2 aromatic carbocycles. The fraction of sp³-hybridized carbons (Fsp3) is 0.192. The van der Waals surface area contributed by atoms with Gasteiger partial charge in [-0.3, -0.25) is 19.5 Å². The second-order valence-corrected chi connectivity index (χ2v) is 7.81. The van der Waals surface area contributed by atoms with Gasteiger partial charge in [-0.15, -0.1) is 0 Å². The number of rotatable bonds is 5. The van der Waals surface area contributed by atoms with Gasteiger partial charge >= 0.3 is 0 Å². The van der Waals surface area contributed by atoms with Crippen LogP contribution in [0, 0.1) is 13.8 Å². The van der Waals surface area contributed by atoms with Crippen LogP contribution >= 0.6 is 0 Å². The number of aliphatic hydroxyl groups excluding tert-OH is 1. The smallest absolute Gasteiger partial charge is 0.300 e. The van der Waals surface area contributed by atoms with Crippen molar-refractivity contribution in [1.29, 1.82) is 0 Å². The molecule has 1 saturated heterocycles. The molecule has 0 bridgehead atoms. The number of aryl methyl sites for hydroxylation is 2. The van der Waals surface area contributed by atoms with Crippen LogP contribution < -0.4 is 14.4 Å². The van der Waals surface area contributed by atoms with Crippen molar-refractivity contribution >= 4 is 23.1 Å². The van der Waals surface area contributed by atoms with Crippen molar-refractivity contribution in [3.63, 3.8) is 0 Å². The number of aromatic nitrogens is 1. The Hall–Kier alpha value is -4.13. The van der Waals surface area contributed by atoms with Crippen LogP contribution in [0.5, 0.6) is 11.5 Å². The van der Waals surface area contributed by atoms with Crippen LogP contribution in [0.15, 0.2) is 66.5 Å². The van der Waals surface area contributed by atoms with Gasteiger partial charge in [0.25, 0.3) is 11.7 Å². The molecule has 0 saturated carbocycles. The standard InChI is InChI=1S/C26H24N2O5/c1-15-7-9-20(16(2)12-15)28-23(17-6-5-11-27-14-17)22(25(30)26(28)31)24(29)19-13-18(32-3)8-10-21(19)33-4/h5-14,23,29H,1-4H3/b24-22+. The quantitative estimate of drug-likeness (QED) is 0.358. The van der Waals surface area contributed by atoms with E-state index >= 15 is 0 Å². The summed E-state index contributed by atoms with van der Waals surface area (Å²) in [6, 6.07) is 13.2. The molecule has 1 aliphatic heterocycles. The summed E-state index contributed by atoms with van der Waals surface area (Å²) in [4.78, 5) is 32.2. The summed E-state index contributed by atoms with van der Waals surface area (Å²) >= 11 is 0. The minimum Gasteiger partial charge on any atom is -0.507 e. The normalized spacial score (nSPS) is 17.3. The van der Waals surface area contributed by atoms with Gasteiger partial charge in [-0.2, -0.15) is 0 Å². The number of amides is 1. The summed E-state index contributed by atoms with van der Waals surface area (Å²) in [7, 11) is 2.96. The number of methoxy groups -OCH3 is 2. The average molecular weight is 444 g/mol. The zero-order valence-electron chi connectivity index (χ0n) is 18.8. The Labute approximate surface area is 191 Å². The minimum atomic E-state index is -0.865. The van der Waals surface area contributed by atoms with Crippen molar-refractivity contribution in [2.24, 2.45) is 0 Å². The van der Waals surface area contributed by atoms with E-state index in [2.05, 4.69) is 4.98 Å². The molecular weight excluding hydrogens is 420 g/mol. The van der Waals surface area contributed by atoms with Crippen LogP contribution in [-0.4, -0.2) is 36.0 Å². The van der Waals surface area contributed by atoms with Crippen LogP contribution in [0.2, 0.25) is 0 Å². The van der Waals surface area contributed by atoms with E-state index in [1.54, 1.807) is 42.7 Å². The van der Waals surface area contributed by atoms with Gasteiger partial charge in [0, 0.05) is 18.1 Å². The molecule has 0 radical (unpaired) electrons. The summed E-state index contributed by atoms with van der Waals surface area (Å²) < 4.78 is 10.7. The Balaban J connectivity index is 1.99. The lowest BCUT2D eigenvalue weighted by molar-refractivity contribution is -0.132. The van der Waals surface area contributed by atoms with Crippen molar-refractivity contribution in [1.82, 2.24) is 4.98 Å². The number of aliphatic hydroxyl groups is 1. The summed E-state index contributed by atoms with van der Waals surface area (Å²) in [6.45, 7) is 3.84. The van der Waals surface area contributed by atoms with E-state index in [1.165, 1.54) is 19.1 Å². The van der Waals surface area contributed by atoms with Crippen LogP contribution in [0.3, 0.4) is 0 Å². The fourth-order valence-electron chi connectivity index (χ4n) is 4.15. The van der Waals surface area contributed by atoms with Gasteiger partial charge in [-0.25, -0.2) is 0 Å². The highest BCUT2D eigenvalue weighted by Gasteiger charge is 2.47. The highest BCUT2D eigenvalue weighted by molar-refractivity contribution is 6.51. The molecule has 7 nitrogen and oxygen atoms in total. The Bertz CT molecular complexity index is 1270. The highest BCUT2D eigenvalue weighted by atomic mass is 16.5. The van der Waals surface area contributed by atoms with Crippen molar-refractivity contribution < 1.29 is 24.2 Å². The number of anilines is 1. The first kappa shape index (κ1) is 22.1. The molecule has 3 aromatic rings. The first-order chi connectivity index (χ1) is 15.9. The lowest BCUT2D eigenvalue weighted by Gasteiger charge is -2.26. The molecule has 168 valence electrons. The molecule has 2 heterocycles. The van der Waals surface area contributed by atoms with E-state index < -0.39 is 17.7 Å². The number of nitrogens with zero attached hydrogens (tertiary/aromatic N) is 2. The number of carbonyl (C=O) groups excluding carboxylic acids is 2. The maximum atomic E-state index is 13.3. The number of Topliss-reactive ketones (excluding diaryl/α,β-unsaturated/α-hetero) is 1. The molecule has 1 unspecified atom stereocenters. The molecular formula is C26H24N2O5. The Morgan fingerprint density at radius 1 is 1.03 bits per heavy atom. The third-order valence-corrected chi connectivity index (χ3v) is 5.72. The van der Waals surface area contributed by atoms with E-state index in [9.17, 15) is 14.7 Å². The molecule has 0 aliphatic carbocycles. The number of carbonyl (C=O) groups is 2. The number of hydrogen-bond acceptors (Lipinski definition) is 6. The van der Waals surface area contributed by atoms with Crippen molar-refractivity contribution in [3.8, 4) is 11.5 Å². The third kappa shape index (κ3) is 3.82. The van der Waals surface area contributed by atoms with Gasteiger partial charge in [0.2, 0.25) is 0 Å². The largest absolute Gasteiger partial charge is 0.507 e. The van der Waals surface area contributed by atoms with Gasteiger partial charge < -0.3 is 14.6 Å². The molecule has 4 rings (SSSR count). The summed E-state index contributed by atoms with van der Waals surface area (Å²) in [5, 5.41) is 11.4. The van der Waals surface area contributed by atoms with Gasteiger partial charge in [0.1, 0.15) is 17.3 Å². The van der Waals surface area contributed by atoms with Crippen LogP contribution in [0.1, 0.15) is 28.3 Å². The van der Waals surface area contributed by atoms with E-state index in [-0.39, 0.29) is 16.9 Å². The molecule has 1 aromatic heterocycles. The van der Waals surface area contributed by atoms with Gasteiger partial charge in [0.15, 0.2) is 0 Å². The topological polar surface area (TPSA) is 89.0 Å². The van der Waals surface area contributed by atoms with Crippen molar-refractivity contribution in [2.75, 3.05) is 19.1 Å². The van der Waals surface area contributed by atoms with E-state index in [0.717, 1.165) is 11.1 Å². The Morgan fingerprint density at radius 2 is 1.82 bits per heavy atom. The fourth-order valence-corrected chi connectivity index (χ4v) is 4.15. The van der Waals surface area contributed by atoms with E-state index in [0.29, 0.717) is 22.7 Å². The third-order valence-electron chi connectivity index (χ3n) is 5.72. The number of pyridine rings is 1. The number of ketones is 1. The highest BCUT2D eigenvalue weighted by Crippen LogP contribution is 2.44. The maximum absolute atomic E-state index is 13.3. The minimum absolute atomic E-state index is 0.0421. The summed E-state index contributed by atoms with van der Waals surface area (Å²) in [5.74, 6) is -1.04. The lowest BCUT2D eigenvalue weighted by atomic mass is 9.95. The van der Waals surface area contributed by atoms with Crippen molar-refractivity contribution in [3.05, 3.63) is 88.8 Å². The molecule has 1 atom stereocenters. The summed E-state index contributed by atoms with van der Waals surface area (Å²) in [5.41, 5.74) is 3.27. The van der Waals surface area contributed by atoms with Gasteiger partial charge in [-0.1, -0.05) is 23.8 Å². The van der Waals surface area contributed by atoms with Crippen LogP contribution in [-0.2, 0) is 9.59 Å². The molecule has 1 N–H and O–H groups in total. The SMILES string of the molecule is COc1ccc(OC)c(/C(O)=C2\C(=O)C(=O)N(c3ccc(C)cc3C)C2c2cccnc2)c1. The predicted octanol–water partition coefficient (Wildman–Crippen LogP) is 4.34. The molecule has 0 spiro atoms. The zero-order valence-corrected chi connectivity index (χ0v) is 18.8. The summed E-state index contributed by atoms with van der Waals surface area (Å²) in [6.07, 6.45) is 3.20. The number of benzene rings is 2. The Kier molecular flexibility index (Phi) is 5.87. The van der Waals surface area contributed by atoms with Gasteiger partial charge in [-0.05, 0) is 55.3 Å². The van der Waals surface area contributed by atoms with Crippen LogP contribution in [0.25, 0.3) is 5.76 Å². The maximum Gasteiger partial charge on any atom is 0.300 e. The van der Waals surface area contributed by atoms with Crippen molar-refractivity contribution in [2.45, 2.75) is 19.9 Å². The van der Waals surface area contributed by atoms with E-state index in [4.69, 9.17) is 9.47 Å². The lowest BCUT2D eigenvalue weighted by Crippen LogP contribution is -2.30. The Morgan fingerprint density at radius 3 is 2.45 bits per heavy atom. The van der Waals surface area contributed by atoms with E-state index in [1.807, 2.05) is 32.0 Å². The number of ether oxygens (including phenoxy) is 2. The molecule has 33 heavy (non-hydrogen) atoms. The predicted molar refractivity (Wildman–Crippen MR) is 124 cm³/mol. The second kappa shape index (κ2) is 8.78. The molecule has 1 fully saturated rings. The van der Waals surface area contributed by atoms with Gasteiger partial charge in [0.05, 0.1) is 31.4 Å². The molecule has 1 aliphatic rings. The zero-order chi connectivity index (χ0) is 23.7. The number of hydrogen-bond donors (Lipinski definition) is 1. The first-order valence-electron chi connectivity index (χ1n) is 10.4. The average Bonchev–Trinajstić information content (AvgIpc) is 3.09.